The predicted octanol–water partition coefficient (Wildman–Crippen LogP) is 2.74. The van der Waals surface area contributed by atoms with E-state index in [4.69, 9.17) is 5.11 Å². The van der Waals surface area contributed by atoms with Crippen LogP contribution in [-0.4, -0.2) is 26.0 Å². The number of halogens is 3. The molecule has 0 saturated carbocycles. The number of aromatic nitrogens is 3. The van der Waals surface area contributed by atoms with Gasteiger partial charge in [-0.3, -0.25) is 4.98 Å². The summed E-state index contributed by atoms with van der Waals surface area (Å²) in [6.07, 6.45) is -1.36. The number of rotatable bonds is 3. The summed E-state index contributed by atoms with van der Waals surface area (Å²) in [4.78, 5) is 21.8. The number of carboxylic acid groups (broad SMARTS) is 1. The second kappa shape index (κ2) is 5.45. The Kier molecular flexibility index (Phi) is 3.89. The molecule has 104 valence electrons. The molecule has 5 nitrogen and oxygen atoms in total. The molecule has 0 atom stereocenters. The van der Waals surface area contributed by atoms with Crippen molar-refractivity contribution in [3.05, 3.63) is 42.0 Å². The molecule has 0 aliphatic heterocycles. The quantitative estimate of drug-likeness (QED) is 0.939. The van der Waals surface area contributed by atoms with Crippen LogP contribution >= 0.6 is 11.8 Å². The lowest BCUT2D eigenvalue weighted by atomic mass is 10.3. The second-order valence-corrected chi connectivity index (χ2v) is 4.57. The third kappa shape index (κ3) is 3.44. The molecule has 2 heterocycles. The van der Waals surface area contributed by atoms with Gasteiger partial charge >= 0.3 is 12.1 Å². The minimum absolute atomic E-state index is 0.233. The number of pyridine rings is 1. The van der Waals surface area contributed by atoms with Crippen LogP contribution in [0.25, 0.3) is 0 Å². The van der Waals surface area contributed by atoms with Crippen LogP contribution in [0, 0.1) is 0 Å². The number of carboxylic acids is 1. The van der Waals surface area contributed by atoms with Crippen molar-refractivity contribution in [1.29, 1.82) is 0 Å². The smallest absolute Gasteiger partial charge is 0.417 e. The van der Waals surface area contributed by atoms with Crippen LogP contribution in [0.2, 0.25) is 0 Å². The van der Waals surface area contributed by atoms with Gasteiger partial charge in [-0.25, -0.2) is 14.8 Å². The molecular weight excluding hydrogens is 295 g/mol. The molecule has 0 aliphatic rings. The van der Waals surface area contributed by atoms with E-state index in [9.17, 15) is 18.0 Å². The summed E-state index contributed by atoms with van der Waals surface area (Å²) in [7, 11) is 0. The van der Waals surface area contributed by atoms with Crippen LogP contribution in [0.4, 0.5) is 13.2 Å². The van der Waals surface area contributed by atoms with E-state index in [-0.39, 0.29) is 15.7 Å². The Morgan fingerprint density at radius 1 is 1.15 bits per heavy atom. The summed E-state index contributed by atoms with van der Waals surface area (Å²) in [6, 6.07) is 2.08. The molecule has 2 rings (SSSR count). The minimum atomic E-state index is -4.45. The summed E-state index contributed by atoms with van der Waals surface area (Å²) >= 11 is 0.923. The van der Waals surface area contributed by atoms with E-state index in [0.717, 1.165) is 24.0 Å². The van der Waals surface area contributed by atoms with Crippen LogP contribution in [-0.2, 0) is 6.18 Å². The number of carbonyl (C=O) groups is 1. The van der Waals surface area contributed by atoms with Crippen LogP contribution in [0.15, 0.2) is 40.8 Å². The van der Waals surface area contributed by atoms with E-state index in [1.165, 1.54) is 12.3 Å². The van der Waals surface area contributed by atoms with E-state index < -0.39 is 17.7 Å². The lowest BCUT2D eigenvalue weighted by Crippen LogP contribution is -2.05. The van der Waals surface area contributed by atoms with E-state index >= 15 is 0 Å². The zero-order valence-electron chi connectivity index (χ0n) is 9.63. The van der Waals surface area contributed by atoms with E-state index in [0.29, 0.717) is 6.20 Å². The molecule has 0 amide bonds. The Balaban J connectivity index is 2.18. The molecule has 0 aromatic carbocycles. The number of hydrogen-bond acceptors (Lipinski definition) is 5. The van der Waals surface area contributed by atoms with Gasteiger partial charge in [-0.2, -0.15) is 13.2 Å². The van der Waals surface area contributed by atoms with Crippen molar-refractivity contribution in [2.45, 2.75) is 16.2 Å². The lowest BCUT2D eigenvalue weighted by molar-refractivity contribution is -0.137. The molecular formula is C11H6F3N3O2S. The van der Waals surface area contributed by atoms with Crippen molar-refractivity contribution in [2.24, 2.45) is 0 Å². The Hall–Kier alpha value is -2.16. The van der Waals surface area contributed by atoms with Gasteiger partial charge in [0, 0.05) is 6.20 Å². The van der Waals surface area contributed by atoms with Gasteiger partial charge < -0.3 is 5.11 Å². The Labute approximate surface area is 114 Å². The number of nitrogens with zero attached hydrogens (tertiary/aromatic N) is 3. The average Bonchev–Trinajstić information content (AvgIpc) is 2.38. The first-order valence-electron chi connectivity index (χ1n) is 5.13. The van der Waals surface area contributed by atoms with Gasteiger partial charge in [-0.15, -0.1) is 0 Å². The molecule has 0 unspecified atom stereocenters. The summed E-state index contributed by atoms with van der Waals surface area (Å²) in [5.74, 6) is -1.24. The van der Waals surface area contributed by atoms with E-state index in [1.54, 1.807) is 0 Å². The monoisotopic (exact) mass is 301 g/mol. The molecule has 0 fully saturated rings. The molecule has 0 radical (unpaired) electrons. The van der Waals surface area contributed by atoms with Gasteiger partial charge in [0.05, 0.1) is 18.0 Å². The third-order valence-electron chi connectivity index (χ3n) is 2.10. The van der Waals surface area contributed by atoms with Crippen molar-refractivity contribution >= 4 is 17.7 Å². The van der Waals surface area contributed by atoms with E-state index in [1.807, 2.05) is 0 Å². The first-order chi connectivity index (χ1) is 9.36. The highest BCUT2D eigenvalue weighted by Crippen LogP contribution is 2.30. The van der Waals surface area contributed by atoms with Gasteiger partial charge in [-0.1, -0.05) is 0 Å². The standard InChI is InChI=1S/C11H6F3N3O2S/c12-11(13,14)6-1-2-8(16-3-6)20-9-5-15-4-7(17-9)10(18)19/h1-5H,(H,18,19). The minimum Gasteiger partial charge on any atom is -0.476 e. The molecule has 2 aromatic heterocycles. The van der Waals surface area contributed by atoms with Crippen LogP contribution in [0.3, 0.4) is 0 Å². The highest BCUT2D eigenvalue weighted by atomic mass is 32.2. The summed E-state index contributed by atoms with van der Waals surface area (Å²) in [6.45, 7) is 0. The highest BCUT2D eigenvalue weighted by molar-refractivity contribution is 7.99. The largest absolute Gasteiger partial charge is 0.476 e. The van der Waals surface area contributed by atoms with Gasteiger partial charge in [0.1, 0.15) is 10.1 Å². The molecule has 20 heavy (non-hydrogen) atoms. The molecule has 0 aliphatic carbocycles. The van der Waals surface area contributed by atoms with Crippen LogP contribution < -0.4 is 0 Å². The summed E-state index contributed by atoms with van der Waals surface area (Å²) in [5.41, 5.74) is -1.10. The summed E-state index contributed by atoms with van der Waals surface area (Å²) < 4.78 is 37.1. The second-order valence-electron chi connectivity index (χ2n) is 3.53. The fraction of sp³-hybridized carbons (Fsp3) is 0.0909. The first-order valence-corrected chi connectivity index (χ1v) is 5.94. The average molecular weight is 301 g/mol. The van der Waals surface area contributed by atoms with E-state index in [2.05, 4.69) is 15.0 Å². The SMILES string of the molecule is O=C(O)c1cncc(Sc2ccc(C(F)(F)F)cn2)n1. The van der Waals surface area contributed by atoms with Gasteiger partial charge in [-0.05, 0) is 23.9 Å². The maximum atomic E-state index is 12.4. The van der Waals surface area contributed by atoms with Gasteiger partial charge in [0.25, 0.3) is 0 Å². The fourth-order valence-electron chi connectivity index (χ4n) is 1.22. The lowest BCUT2D eigenvalue weighted by Gasteiger charge is -2.06. The zero-order valence-corrected chi connectivity index (χ0v) is 10.4. The molecule has 1 N–H and O–H groups in total. The molecule has 2 aromatic rings. The maximum Gasteiger partial charge on any atom is 0.417 e. The number of alkyl halides is 3. The van der Waals surface area contributed by atoms with Crippen molar-refractivity contribution in [2.75, 3.05) is 0 Å². The van der Waals surface area contributed by atoms with Crippen molar-refractivity contribution in [3.63, 3.8) is 0 Å². The molecule has 0 saturated heterocycles. The van der Waals surface area contributed by atoms with Crippen molar-refractivity contribution in [3.8, 4) is 0 Å². The maximum absolute atomic E-state index is 12.4. The zero-order chi connectivity index (χ0) is 14.8. The first kappa shape index (κ1) is 14.3. The Morgan fingerprint density at radius 2 is 1.90 bits per heavy atom. The number of aromatic carboxylic acids is 1. The van der Waals surface area contributed by atoms with Gasteiger partial charge in [0.15, 0.2) is 5.69 Å². The van der Waals surface area contributed by atoms with Crippen LogP contribution in [0.1, 0.15) is 16.1 Å². The fourth-order valence-corrected chi connectivity index (χ4v) is 1.93. The molecule has 0 bridgehead atoms. The topological polar surface area (TPSA) is 76.0 Å². The highest BCUT2D eigenvalue weighted by Gasteiger charge is 2.30. The molecule has 0 spiro atoms. The predicted molar refractivity (Wildman–Crippen MR) is 62.4 cm³/mol. The number of hydrogen-bond donors (Lipinski definition) is 1. The third-order valence-corrected chi connectivity index (χ3v) is 2.96. The van der Waals surface area contributed by atoms with Gasteiger partial charge in [0.2, 0.25) is 0 Å². The summed E-state index contributed by atoms with van der Waals surface area (Å²) in [5, 5.41) is 9.24. The van der Waals surface area contributed by atoms with Crippen molar-refractivity contribution in [1.82, 2.24) is 15.0 Å². The molecule has 9 heteroatoms. The van der Waals surface area contributed by atoms with Crippen LogP contribution in [0.5, 0.6) is 0 Å². The van der Waals surface area contributed by atoms with Crippen molar-refractivity contribution < 1.29 is 23.1 Å². The Bertz CT molecular complexity index is 632. The normalized spacial score (nSPS) is 11.3. The Morgan fingerprint density at radius 3 is 2.45 bits per heavy atom.